The van der Waals surface area contributed by atoms with Gasteiger partial charge >= 0.3 is 0 Å². The number of rotatable bonds is 5. The Morgan fingerprint density at radius 3 is 2.56 bits per heavy atom. The van der Waals surface area contributed by atoms with Gasteiger partial charge in [0.25, 0.3) is 5.91 Å². The van der Waals surface area contributed by atoms with Crippen LogP contribution >= 0.6 is 11.6 Å². The van der Waals surface area contributed by atoms with Crippen LogP contribution < -0.4 is 10.6 Å². The average molecular weight is 396 g/mol. The summed E-state index contributed by atoms with van der Waals surface area (Å²) in [7, 11) is 0. The maximum Gasteiger partial charge on any atom is 0.251 e. The smallest absolute Gasteiger partial charge is 0.251 e. The molecule has 0 atom stereocenters. The molecule has 27 heavy (non-hydrogen) atoms. The van der Waals surface area contributed by atoms with Gasteiger partial charge in [0.15, 0.2) is 0 Å². The van der Waals surface area contributed by atoms with Crippen LogP contribution in [-0.2, 0) is 4.79 Å². The van der Waals surface area contributed by atoms with Gasteiger partial charge in [-0.15, -0.1) is 0 Å². The largest absolute Gasteiger partial charge is 0.352 e. The summed E-state index contributed by atoms with van der Waals surface area (Å²) in [6.07, 6.45) is 2.11. The molecule has 1 saturated carbocycles. The van der Waals surface area contributed by atoms with Crippen molar-refractivity contribution in [3.63, 3.8) is 0 Å². The molecule has 1 heterocycles. The topological polar surface area (TPSA) is 61.4 Å². The van der Waals surface area contributed by atoms with Crippen molar-refractivity contribution in [2.24, 2.45) is 11.3 Å². The molecule has 0 aromatic heterocycles. The van der Waals surface area contributed by atoms with Crippen LogP contribution in [0.5, 0.6) is 0 Å². The van der Waals surface area contributed by atoms with Crippen LogP contribution in [-0.4, -0.2) is 48.4 Å². The standard InChI is InChI=1S/C20H27ClFN3O2/c1-19(2,3)24-17(26)10-25-11-20(12-25)7-13(8-20)9-23-18(27)14-4-5-15(21)16(22)6-14/h4-6,13H,7-12H2,1-3H3,(H,23,27)(H,24,26). The van der Waals surface area contributed by atoms with Crippen molar-refractivity contribution in [1.29, 1.82) is 0 Å². The molecule has 1 aliphatic carbocycles. The fourth-order valence-electron chi connectivity index (χ4n) is 4.22. The number of carbonyl (C=O) groups is 2. The maximum absolute atomic E-state index is 13.4. The van der Waals surface area contributed by atoms with E-state index in [9.17, 15) is 14.0 Å². The molecule has 2 amide bonds. The van der Waals surface area contributed by atoms with Crippen molar-refractivity contribution in [3.8, 4) is 0 Å². The predicted molar refractivity (Wildman–Crippen MR) is 103 cm³/mol. The molecule has 148 valence electrons. The Hall–Kier alpha value is -1.66. The van der Waals surface area contributed by atoms with Gasteiger partial charge in [-0.05, 0) is 63.1 Å². The summed E-state index contributed by atoms with van der Waals surface area (Å²) in [6.45, 7) is 8.86. The van der Waals surface area contributed by atoms with Crippen molar-refractivity contribution in [3.05, 3.63) is 34.6 Å². The number of amides is 2. The Labute approximate surface area is 164 Å². The molecule has 2 N–H and O–H groups in total. The van der Waals surface area contributed by atoms with Crippen LogP contribution in [0.4, 0.5) is 4.39 Å². The zero-order valence-corrected chi connectivity index (χ0v) is 16.8. The van der Waals surface area contributed by atoms with E-state index in [1.54, 1.807) is 0 Å². The molecule has 0 unspecified atom stereocenters. The van der Waals surface area contributed by atoms with Gasteiger partial charge in [-0.1, -0.05) is 11.6 Å². The number of hydrogen-bond donors (Lipinski definition) is 2. The van der Waals surface area contributed by atoms with E-state index in [-0.39, 0.29) is 27.9 Å². The Kier molecular flexibility index (Phi) is 5.50. The van der Waals surface area contributed by atoms with E-state index >= 15 is 0 Å². The number of nitrogens with one attached hydrogen (secondary N) is 2. The molecule has 7 heteroatoms. The molecule has 2 fully saturated rings. The quantitative estimate of drug-likeness (QED) is 0.805. The van der Waals surface area contributed by atoms with E-state index < -0.39 is 5.82 Å². The molecule has 1 saturated heterocycles. The van der Waals surface area contributed by atoms with Crippen LogP contribution in [0, 0.1) is 17.2 Å². The lowest BCUT2D eigenvalue weighted by Crippen LogP contribution is -2.64. The van der Waals surface area contributed by atoms with Gasteiger partial charge < -0.3 is 10.6 Å². The van der Waals surface area contributed by atoms with E-state index in [1.807, 2.05) is 20.8 Å². The van der Waals surface area contributed by atoms with Crippen molar-refractivity contribution in [2.75, 3.05) is 26.2 Å². The van der Waals surface area contributed by atoms with Crippen LogP contribution in [0.2, 0.25) is 5.02 Å². The molecule has 1 aromatic rings. The van der Waals surface area contributed by atoms with E-state index in [0.717, 1.165) is 32.0 Å². The number of halogens is 2. The first-order valence-corrected chi connectivity index (χ1v) is 9.70. The fraction of sp³-hybridized carbons (Fsp3) is 0.600. The van der Waals surface area contributed by atoms with Crippen molar-refractivity contribution >= 4 is 23.4 Å². The number of benzene rings is 1. The average Bonchev–Trinajstić information content (AvgIpc) is 2.47. The molecular weight excluding hydrogens is 369 g/mol. The molecule has 0 radical (unpaired) electrons. The lowest BCUT2D eigenvalue weighted by molar-refractivity contribution is -0.133. The van der Waals surface area contributed by atoms with Crippen LogP contribution in [0.15, 0.2) is 18.2 Å². The highest BCUT2D eigenvalue weighted by molar-refractivity contribution is 6.30. The monoisotopic (exact) mass is 395 g/mol. The van der Waals surface area contributed by atoms with Crippen LogP contribution in [0.1, 0.15) is 44.0 Å². The van der Waals surface area contributed by atoms with Gasteiger partial charge in [0.1, 0.15) is 5.82 Å². The highest BCUT2D eigenvalue weighted by Crippen LogP contribution is 2.51. The molecule has 1 aromatic carbocycles. The number of nitrogens with zero attached hydrogens (tertiary/aromatic N) is 1. The molecule has 1 spiro atoms. The Morgan fingerprint density at radius 2 is 1.96 bits per heavy atom. The highest BCUT2D eigenvalue weighted by atomic mass is 35.5. The van der Waals surface area contributed by atoms with Gasteiger partial charge in [-0.25, -0.2) is 4.39 Å². The molecule has 5 nitrogen and oxygen atoms in total. The second kappa shape index (κ2) is 7.40. The second-order valence-corrected chi connectivity index (χ2v) is 9.46. The number of likely N-dealkylation sites (tertiary alicyclic amines) is 1. The lowest BCUT2D eigenvalue weighted by Gasteiger charge is -2.59. The SMILES string of the molecule is CC(C)(C)NC(=O)CN1CC2(CC(CNC(=O)c3ccc(Cl)c(F)c3)C2)C1. The number of hydrogen-bond acceptors (Lipinski definition) is 3. The summed E-state index contributed by atoms with van der Waals surface area (Å²) in [4.78, 5) is 26.2. The summed E-state index contributed by atoms with van der Waals surface area (Å²) in [5.41, 5.74) is 0.390. The summed E-state index contributed by atoms with van der Waals surface area (Å²) in [5.74, 6) is -0.357. The summed E-state index contributed by atoms with van der Waals surface area (Å²) in [6, 6.07) is 4.07. The summed E-state index contributed by atoms with van der Waals surface area (Å²) in [5, 5.41) is 5.87. The first kappa shape index (κ1) is 20.1. The third-order valence-electron chi connectivity index (χ3n) is 5.18. The third-order valence-corrected chi connectivity index (χ3v) is 5.48. The van der Waals surface area contributed by atoms with Crippen molar-refractivity contribution < 1.29 is 14.0 Å². The minimum Gasteiger partial charge on any atom is -0.352 e. The maximum atomic E-state index is 13.4. The van der Waals surface area contributed by atoms with E-state index in [4.69, 9.17) is 11.6 Å². The van der Waals surface area contributed by atoms with Gasteiger partial charge in [0, 0.05) is 30.7 Å². The summed E-state index contributed by atoms with van der Waals surface area (Å²) < 4.78 is 13.4. The first-order chi connectivity index (χ1) is 12.6. The van der Waals surface area contributed by atoms with Crippen molar-refractivity contribution in [1.82, 2.24) is 15.5 Å². The Bertz CT molecular complexity index is 733. The van der Waals surface area contributed by atoms with Crippen molar-refractivity contribution in [2.45, 2.75) is 39.2 Å². The minimum absolute atomic E-state index is 0.0122. The van der Waals surface area contributed by atoms with Crippen LogP contribution in [0.25, 0.3) is 0 Å². The molecule has 3 rings (SSSR count). The zero-order chi connectivity index (χ0) is 19.8. The Morgan fingerprint density at radius 1 is 1.30 bits per heavy atom. The first-order valence-electron chi connectivity index (χ1n) is 9.32. The van der Waals surface area contributed by atoms with E-state index in [2.05, 4.69) is 15.5 Å². The fourth-order valence-corrected chi connectivity index (χ4v) is 4.34. The molecular formula is C20H27ClFN3O2. The molecule has 0 bridgehead atoms. The normalized spacial score (nSPS) is 19.3. The van der Waals surface area contributed by atoms with Gasteiger partial charge in [0.05, 0.1) is 11.6 Å². The Balaban J connectivity index is 1.35. The predicted octanol–water partition coefficient (Wildman–Crippen LogP) is 2.84. The van der Waals surface area contributed by atoms with E-state index in [1.165, 1.54) is 12.1 Å². The highest BCUT2D eigenvalue weighted by Gasteiger charge is 2.52. The summed E-state index contributed by atoms with van der Waals surface area (Å²) >= 11 is 5.64. The second-order valence-electron chi connectivity index (χ2n) is 9.06. The van der Waals surface area contributed by atoms with Gasteiger partial charge in [0.2, 0.25) is 5.91 Å². The van der Waals surface area contributed by atoms with Crippen LogP contribution in [0.3, 0.4) is 0 Å². The van der Waals surface area contributed by atoms with Gasteiger partial charge in [-0.3, -0.25) is 14.5 Å². The van der Waals surface area contributed by atoms with Gasteiger partial charge in [-0.2, -0.15) is 0 Å². The number of carbonyl (C=O) groups excluding carboxylic acids is 2. The molecule has 1 aliphatic heterocycles. The lowest BCUT2D eigenvalue weighted by atomic mass is 9.57. The zero-order valence-electron chi connectivity index (χ0n) is 16.1. The molecule has 2 aliphatic rings. The van der Waals surface area contributed by atoms with E-state index in [0.29, 0.717) is 24.4 Å². The minimum atomic E-state index is -0.586. The third kappa shape index (κ3) is 4.99.